The van der Waals surface area contributed by atoms with E-state index in [1.807, 2.05) is 36.4 Å². The van der Waals surface area contributed by atoms with Gasteiger partial charge in [0.15, 0.2) is 0 Å². The Labute approximate surface area is 152 Å². The Morgan fingerprint density at radius 2 is 1.85 bits per heavy atom. The van der Waals surface area contributed by atoms with Crippen molar-refractivity contribution >= 4 is 22.8 Å². The fourth-order valence-corrected chi connectivity index (χ4v) is 3.18. The first kappa shape index (κ1) is 16.4. The van der Waals surface area contributed by atoms with Gasteiger partial charge in [-0.3, -0.25) is 4.79 Å². The van der Waals surface area contributed by atoms with Crippen molar-refractivity contribution in [3.05, 3.63) is 60.0 Å². The van der Waals surface area contributed by atoms with Gasteiger partial charge in [0.25, 0.3) is 5.91 Å². The van der Waals surface area contributed by atoms with Gasteiger partial charge in [-0.1, -0.05) is 24.3 Å². The number of carbonyl (C=O) groups excluding carboxylic acids is 1. The van der Waals surface area contributed by atoms with Crippen LogP contribution in [0.15, 0.2) is 48.7 Å². The van der Waals surface area contributed by atoms with Crippen LogP contribution in [0.5, 0.6) is 0 Å². The molecule has 0 radical (unpaired) electrons. The van der Waals surface area contributed by atoms with Crippen molar-refractivity contribution in [3.63, 3.8) is 0 Å². The Morgan fingerprint density at radius 1 is 1.00 bits per heavy atom. The zero-order valence-electron chi connectivity index (χ0n) is 14.6. The van der Waals surface area contributed by atoms with E-state index in [9.17, 15) is 4.79 Å². The van der Waals surface area contributed by atoms with Crippen LogP contribution in [0.1, 0.15) is 35.4 Å². The molecule has 0 atom stereocenters. The molecule has 0 spiro atoms. The number of aromatic nitrogens is 3. The van der Waals surface area contributed by atoms with Gasteiger partial charge < -0.3 is 10.2 Å². The Hall–Kier alpha value is -3.02. The van der Waals surface area contributed by atoms with E-state index in [1.54, 1.807) is 12.3 Å². The molecule has 6 nitrogen and oxygen atoms in total. The number of para-hydroxylation sites is 1. The molecule has 0 bridgehead atoms. The molecule has 3 aromatic rings. The van der Waals surface area contributed by atoms with Crippen LogP contribution in [0.4, 0.5) is 5.95 Å². The van der Waals surface area contributed by atoms with Crippen molar-refractivity contribution in [2.75, 3.05) is 18.0 Å². The first-order chi connectivity index (χ1) is 12.8. The number of nitrogens with one attached hydrogen (secondary N) is 1. The number of nitrogens with zero attached hydrogens (tertiary/aromatic N) is 4. The average Bonchev–Trinajstić information content (AvgIpc) is 2.72. The first-order valence-electron chi connectivity index (χ1n) is 9.00. The van der Waals surface area contributed by atoms with E-state index in [4.69, 9.17) is 0 Å². The Morgan fingerprint density at radius 3 is 2.73 bits per heavy atom. The van der Waals surface area contributed by atoms with Gasteiger partial charge in [0.05, 0.1) is 17.8 Å². The lowest BCUT2D eigenvalue weighted by molar-refractivity contribution is 0.0946. The summed E-state index contributed by atoms with van der Waals surface area (Å²) in [6.07, 6.45) is 5.38. The topological polar surface area (TPSA) is 71.0 Å². The maximum Gasteiger partial charge on any atom is 0.270 e. The number of benzene rings is 1. The van der Waals surface area contributed by atoms with Crippen LogP contribution in [0.3, 0.4) is 0 Å². The minimum absolute atomic E-state index is 0.200. The maximum absolute atomic E-state index is 12.4. The number of pyridine rings is 1. The number of fused-ring (bicyclic) bond motifs is 1. The molecule has 1 N–H and O–H groups in total. The third kappa shape index (κ3) is 3.64. The van der Waals surface area contributed by atoms with Crippen LogP contribution in [0.2, 0.25) is 0 Å². The van der Waals surface area contributed by atoms with Gasteiger partial charge in [-0.05, 0) is 37.5 Å². The highest BCUT2D eigenvalue weighted by molar-refractivity contribution is 5.94. The molecule has 3 heterocycles. The standard InChI is InChI=1S/C20H21N5O/c26-19(18-9-8-15-6-2-3-7-17(15)24-18)22-14-16-10-11-21-20(23-16)25-12-4-1-5-13-25/h2-3,6-11H,1,4-5,12-14H2,(H,22,26). The van der Waals surface area contributed by atoms with Crippen LogP contribution in [-0.2, 0) is 6.54 Å². The van der Waals surface area contributed by atoms with Crippen molar-refractivity contribution < 1.29 is 4.79 Å². The van der Waals surface area contributed by atoms with Crippen LogP contribution in [-0.4, -0.2) is 33.9 Å². The summed E-state index contributed by atoms with van der Waals surface area (Å²) in [7, 11) is 0. The maximum atomic E-state index is 12.4. The minimum atomic E-state index is -0.200. The summed E-state index contributed by atoms with van der Waals surface area (Å²) in [5.41, 5.74) is 2.03. The molecule has 1 aliphatic heterocycles. The van der Waals surface area contributed by atoms with Crippen molar-refractivity contribution in [1.82, 2.24) is 20.3 Å². The number of hydrogen-bond donors (Lipinski definition) is 1. The Balaban J connectivity index is 1.43. The van der Waals surface area contributed by atoms with Gasteiger partial charge in [-0.25, -0.2) is 15.0 Å². The molecule has 1 amide bonds. The minimum Gasteiger partial charge on any atom is -0.345 e. The molecule has 0 unspecified atom stereocenters. The van der Waals surface area contributed by atoms with Crippen molar-refractivity contribution in [1.29, 1.82) is 0 Å². The summed E-state index contributed by atoms with van der Waals surface area (Å²) in [5, 5.41) is 3.92. The van der Waals surface area contributed by atoms with Crippen LogP contribution in [0, 0.1) is 0 Å². The highest BCUT2D eigenvalue weighted by Crippen LogP contribution is 2.15. The molecule has 26 heavy (non-hydrogen) atoms. The van der Waals surface area contributed by atoms with Gasteiger partial charge in [0.2, 0.25) is 5.95 Å². The van der Waals surface area contributed by atoms with Crippen LogP contribution in [0.25, 0.3) is 10.9 Å². The van der Waals surface area contributed by atoms with E-state index in [1.165, 1.54) is 19.3 Å². The van der Waals surface area contributed by atoms with Crippen LogP contribution < -0.4 is 10.2 Å². The van der Waals surface area contributed by atoms with Gasteiger partial charge in [-0.2, -0.15) is 0 Å². The van der Waals surface area contributed by atoms with Crippen LogP contribution >= 0.6 is 0 Å². The van der Waals surface area contributed by atoms with Gasteiger partial charge in [-0.15, -0.1) is 0 Å². The van der Waals surface area contributed by atoms with Gasteiger partial charge in [0, 0.05) is 24.7 Å². The normalized spacial score (nSPS) is 14.4. The summed E-state index contributed by atoms with van der Waals surface area (Å²) in [4.78, 5) is 28.0. The Kier molecular flexibility index (Phi) is 4.73. The first-order valence-corrected chi connectivity index (χ1v) is 9.00. The Bertz CT molecular complexity index is 921. The average molecular weight is 347 g/mol. The molecule has 1 fully saturated rings. The zero-order chi connectivity index (χ0) is 17.8. The summed E-state index contributed by atoms with van der Waals surface area (Å²) in [6, 6.07) is 13.3. The molecule has 1 aromatic carbocycles. The highest BCUT2D eigenvalue weighted by atomic mass is 16.1. The molecule has 6 heteroatoms. The fourth-order valence-electron chi connectivity index (χ4n) is 3.18. The lowest BCUT2D eigenvalue weighted by atomic mass is 10.1. The second-order valence-electron chi connectivity index (χ2n) is 6.47. The SMILES string of the molecule is O=C(NCc1ccnc(N2CCCCC2)n1)c1ccc2ccccc2n1. The quantitative estimate of drug-likeness (QED) is 0.786. The number of rotatable bonds is 4. The highest BCUT2D eigenvalue weighted by Gasteiger charge is 2.14. The third-order valence-corrected chi connectivity index (χ3v) is 4.60. The van der Waals surface area contributed by atoms with E-state index in [0.717, 1.165) is 35.6 Å². The lowest BCUT2D eigenvalue weighted by Gasteiger charge is -2.26. The van der Waals surface area contributed by atoms with Gasteiger partial charge in [0.1, 0.15) is 5.69 Å². The predicted octanol–water partition coefficient (Wildman–Crippen LogP) is 2.95. The number of piperidine rings is 1. The predicted molar refractivity (Wildman–Crippen MR) is 101 cm³/mol. The van der Waals surface area contributed by atoms with Crippen molar-refractivity contribution in [3.8, 4) is 0 Å². The number of amides is 1. The molecule has 132 valence electrons. The summed E-state index contributed by atoms with van der Waals surface area (Å²) in [5.74, 6) is 0.550. The summed E-state index contributed by atoms with van der Waals surface area (Å²) >= 11 is 0. The van der Waals surface area contributed by atoms with Crippen molar-refractivity contribution in [2.45, 2.75) is 25.8 Å². The van der Waals surface area contributed by atoms with E-state index in [-0.39, 0.29) is 5.91 Å². The summed E-state index contributed by atoms with van der Waals surface area (Å²) in [6.45, 7) is 2.35. The van der Waals surface area contributed by atoms with E-state index >= 15 is 0 Å². The third-order valence-electron chi connectivity index (χ3n) is 4.60. The smallest absolute Gasteiger partial charge is 0.270 e. The molecule has 0 saturated carbocycles. The number of anilines is 1. The molecule has 4 rings (SSSR count). The summed E-state index contributed by atoms with van der Waals surface area (Å²) < 4.78 is 0. The zero-order valence-corrected chi connectivity index (χ0v) is 14.6. The molecule has 1 saturated heterocycles. The molecule has 1 aliphatic rings. The second kappa shape index (κ2) is 7.47. The lowest BCUT2D eigenvalue weighted by Crippen LogP contribution is -2.31. The van der Waals surface area contributed by atoms with E-state index in [0.29, 0.717) is 12.2 Å². The largest absolute Gasteiger partial charge is 0.345 e. The molecular formula is C20H21N5O. The second-order valence-corrected chi connectivity index (χ2v) is 6.47. The van der Waals surface area contributed by atoms with Gasteiger partial charge >= 0.3 is 0 Å². The number of carbonyl (C=O) groups is 1. The number of hydrogen-bond acceptors (Lipinski definition) is 5. The molecule has 2 aromatic heterocycles. The van der Waals surface area contributed by atoms with E-state index in [2.05, 4.69) is 25.2 Å². The fraction of sp³-hybridized carbons (Fsp3) is 0.300. The molecule has 0 aliphatic carbocycles. The molecular weight excluding hydrogens is 326 g/mol. The van der Waals surface area contributed by atoms with E-state index < -0.39 is 0 Å². The van der Waals surface area contributed by atoms with Crippen molar-refractivity contribution in [2.24, 2.45) is 0 Å². The monoisotopic (exact) mass is 347 g/mol.